The molecule has 2 amide bonds. The second-order valence-electron chi connectivity index (χ2n) is 8.32. The van der Waals surface area contributed by atoms with Crippen LogP contribution in [0.1, 0.15) is 57.6 Å². The summed E-state index contributed by atoms with van der Waals surface area (Å²) in [5.41, 5.74) is 2.08. The van der Waals surface area contributed by atoms with Crippen molar-refractivity contribution < 1.29 is 19.1 Å². The molecule has 0 saturated heterocycles. The Morgan fingerprint density at radius 2 is 1.79 bits per heavy atom. The highest BCUT2D eigenvalue weighted by Crippen LogP contribution is 2.29. The lowest BCUT2D eigenvalue weighted by atomic mass is 10.0. The van der Waals surface area contributed by atoms with E-state index in [-0.39, 0.29) is 18.4 Å². The number of hydrogen-bond acceptors (Lipinski definition) is 4. The topological polar surface area (TPSA) is 67.9 Å². The maximum absolute atomic E-state index is 13.2. The highest BCUT2D eigenvalue weighted by atomic mass is 79.9. The summed E-state index contributed by atoms with van der Waals surface area (Å²) in [5, 5.41) is 2.92. The van der Waals surface area contributed by atoms with Gasteiger partial charge in [0.2, 0.25) is 5.91 Å². The summed E-state index contributed by atoms with van der Waals surface area (Å²) in [7, 11) is 1.61. The molecular weight excluding hydrogens is 484 g/mol. The molecule has 2 rings (SSSR count). The highest BCUT2D eigenvalue weighted by molar-refractivity contribution is 9.10. The highest BCUT2D eigenvalue weighted by Gasteiger charge is 2.26. The van der Waals surface area contributed by atoms with Gasteiger partial charge in [-0.1, -0.05) is 45.4 Å². The third-order valence-electron chi connectivity index (χ3n) is 5.48. The molecule has 7 heteroatoms. The molecule has 0 bridgehead atoms. The number of nitrogens with zero attached hydrogens (tertiary/aromatic N) is 1. The van der Waals surface area contributed by atoms with Gasteiger partial charge in [-0.25, -0.2) is 0 Å². The van der Waals surface area contributed by atoms with Crippen molar-refractivity contribution in [3.63, 3.8) is 0 Å². The summed E-state index contributed by atoms with van der Waals surface area (Å²) in [4.78, 5) is 27.5. The van der Waals surface area contributed by atoms with Crippen LogP contribution in [-0.2, 0) is 16.1 Å². The van der Waals surface area contributed by atoms with E-state index in [2.05, 4.69) is 42.0 Å². The number of benzene rings is 2. The van der Waals surface area contributed by atoms with Crippen LogP contribution in [0.3, 0.4) is 0 Å². The molecule has 1 atom stereocenters. The van der Waals surface area contributed by atoms with Crippen LogP contribution in [0.5, 0.6) is 11.5 Å². The molecule has 0 saturated carbocycles. The predicted octanol–water partition coefficient (Wildman–Crippen LogP) is 5.29. The van der Waals surface area contributed by atoms with Crippen molar-refractivity contribution in [1.82, 2.24) is 10.2 Å². The minimum Gasteiger partial charge on any atom is -0.497 e. The summed E-state index contributed by atoms with van der Waals surface area (Å²) in [6.07, 6.45) is 1.88. The van der Waals surface area contributed by atoms with Gasteiger partial charge >= 0.3 is 0 Å². The molecule has 0 aliphatic carbocycles. The number of halogens is 1. The van der Waals surface area contributed by atoms with Crippen LogP contribution in [0.25, 0.3) is 0 Å². The van der Waals surface area contributed by atoms with E-state index in [0.717, 1.165) is 28.6 Å². The van der Waals surface area contributed by atoms with E-state index in [0.29, 0.717) is 24.8 Å². The second kappa shape index (κ2) is 13.2. The Labute approximate surface area is 205 Å². The van der Waals surface area contributed by atoms with E-state index >= 15 is 0 Å². The normalized spacial score (nSPS) is 11.7. The maximum Gasteiger partial charge on any atom is 0.261 e. The molecule has 2 aromatic rings. The molecule has 0 unspecified atom stereocenters. The average molecular weight is 519 g/mol. The van der Waals surface area contributed by atoms with Crippen molar-refractivity contribution in [3.8, 4) is 11.5 Å². The SMILES string of the molecule is CCCCNC(=O)[C@@H](C)N(Cc1ccc(OC)cc1)C(=O)COc1ccc(C(C)C)cc1Br. The fourth-order valence-electron chi connectivity index (χ4n) is 3.26. The Balaban J connectivity index is 2.14. The third-order valence-corrected chi connectivity index (χ3v) is 6.10. The number of ether oxygens (including phenoxy) is 2. The van der Waals surface area contributed by atoms with Gasteiger partial charge in [-0.3, -0.25) is 9.59 Å². The van der Waals surface area contributed by atoms with Gasteiger partial charge in [0.15, 0.2) is 6.61 Å². The Kier molecular flexibility index (Phi) is 10.7. The quantitative estimate of drug-likeness (QED) is 0.387. The molecule has 0 radical (unpaired) electrons. The van der Waals surface area contributed by atoms with Crippen LogP contribution in [0, 0.1) is 0 Å². The van der Waals surface area contributed by atoms with Crippen molar-refractivity contribution in [2.75, 3.05) is 20.3 Å². The van der Waals surface area contributed by atoms with E-state index in [4.69, 9.17) is 9.47 Å². The van der Waals surface area contributed by atoms with Gasteiger partial charge < -0.3 is 19.7 Å². The average Bonchev–Trinajstić information content (AvgIpc) is 2.81. The van der Waals surface area contributed by atoms with Crippen LogP contribution in [-0.4, -0.2) is 43.0 Å². The lowest BCUT2D eigenvalue weighted by Crippen LogP contribution is -2.49. The molecule has 0 fully saturated rings. The number of nitrogens with one attached hydrogen (secondary N) is 1. The van der Waals surface area contributed by atoms with Crippen LogP contribution < -0.4 is 14.8 Å². The van der Waals surface area contributed by atoms with Gasteiger partial charge in [-0.15, -0.1) is 0 Å². The first kappa shape index (κ1) is 26.7. The smallest absolute Gasteiger partial charge is 0.261 e. The zero-order chi connectivity index (χ0) is 24.4. The molecule has 0 aromatic heterocycles. The van der Waals surface area contributed by atoms with Gasteiger partial charge in [-0.2, -0.15) is 0 Å². The Morgan fingerprint density at radius 1 is 1.09 bits per heavy atom. The summed E-state index contributed by atoms with van der Waals surface area (Å²) in [6, 6.07) is 12.7. The van der Waals surface area contributed by atoms with E-state index in [1.165, 1.54) is 5.56 Å². The lowest BCUT2D eigenvalue weighted by molar-refractivity contribution is -0.142. The summed E-state index contributed by atoms with van der Waals surface area (Å²) in [5.74, 6) is 1.29. The van der Waals surface area contributed by atoms with Crippen molar-refractivity contribution in [1.29, 1.82) is 0 Å². The summed E-state index contributed by atoms with van der Waals surface area (Å²) >= 11 is 3.53. The summed E-state index contributed by atoms with van der Waals surface area (Å²) in [6.45, 7) is 8.78. The Bertz CT molecular complexity index is 915. The monoisotopic (exact) mass is 518 g/mol. The first-order chi connectivity index (χ1) is 15.8. The van der Waals surface area contributed by atoms with Crippen molar-refractivity contribution in [2.45, 2.75) is 59.0 Å². The van der Waals surface area contributed by atoms with Gasteiger partial charge in [0, 0.05) is 13.1 Å². The molecule has 6 nitrogen and oxygen atoms in total. The zero-order valence-electron chi connectivity index (χ0n) is 20.2. The first-order valence-corrected chi connectivity index (χ1v) is 12.2. The first-order valence-electron chi connectivity index (χ1n) is 11.4. The van der Waals surface area contributed by atoms with Crippen LogP contribution in [0.4, 0.5) is 0 Å². The van der Waals surface area contributed by atoms with Gasteiger partial charge in [0.1, 0.15) is 17.5 Å². The number of unbranched alkanes of at least 4 members (excludes halogenated alkanes) is 1. The van der Waals surface area contributed by atoms with Gasteiger partial charge in [0.05, 0.1) is 11.6 Å². The van der Waals surface area contributed by atoms with Gasteiger partial charge in [-0.05, 0) is 70.6 Å². The molecule has 0 aliphatic rings. The van der Waals surface area contributed by atoms with E-state index in [9.17, 15) is 9.59 Å². The van der Waals surface area contributed by atoms with Crippen molar-refractivity contribution >= 4 is 27.7 Å². The third kappa shape index (κ3) is 8.07. The molecule has 1 N–H and O–H groups in total. The Morgan fingerprint density at radius 3 is 2.36 bits per heavy atom. The fourth-order valence-corrected chi connectivity index (χ4v) is 3.77. The van der Waals surface area contributed by atoms with E-state index in [1.54, 1.807) is 18.9 Å². The number of methoxy groups -OCH3 is 1. The van der Waals surface area contributed by atoms with Crippen LogP contribution >= 0.6 is 15.9 Å². The van der Waals surface area contributed by atoms with Crippen molar-refractivity contribution in [3.05, 3.63) is 58.1 Å². The minimum absolute atomic E-state index is 0.164. The predicted molar refractivity (Wildman–Crippen MR) is 135 cm³/mol. The number of amides is 2. The standard InChI is InChI=1S/C26H35BrN2O4/c1-6-7-14-28-26(31)19(4)29(16-20-8-11-22(32-5)12-9-20)25(30)17-33-24-13-10-21(18(2)3)15-23(24)27/h8-13,15,18-19H,6-7,14,16-17H2,1-5H3,(H,28,31)/t19-/m1/s1. The van der Waals surface area contributed by atoms with Gasteiger partial charge in [0.25, 0.3) is 5.91 Å². The van der Waals surface area contributed by atoms with Crippen molar-refractivity contribution in [2.24, 2.45) is 0 Å². The Hall–Kier alpha value is -2.54. The molecule has 0 aliphatic heterocycles. The number of carbonyl (C=O) groups excluding carboxylic acids is 2. The maximum atomic E-state index is 13.2. The minimum atomic E-state index is -0.633. The molecule has 0 heterocycles. The molecule has 180 valence electrons. The number of carbonyl (C=O) groups is 2. The summed E-state index contributed by atoms with van der Waals surface area (Å²) < 4.78 is 11.8. The number of rotatable bonds is 12. The fraction of sp³-hybridized carbons (Fsp3) is 0.462. The lowest BCUT2D eigenvalue weighted by Gasteiger charge is -2.29. The van der Waals surface area contributed by atoms with E-state index in [1.807, 2.05) is 42.5 Å². The van der Waals surface area contributed by atoms with Crippen LogP contribution in [0.15, 0.2) is 46.9 Å². The molecule has 33 heavy (non-hydrogen) atoms. The molecular formula is C26H35BrN2O4. The zero-order valence-corrected chi connectivity index (χ0v) is 21.8. The van der Waals surface area contributed by atoms with E-state index < -0.39 is 6.04 Å². The number of hydrogen-bond donors (Lipinski definition) is 1. The largest absolute Gasteiger partial charge is 0.497 e. The second-order valence-corrected chi connectivity index (χ2v) is 9.18. The molecule has 0 spiro atoms. The van der Waals surface area contributed by atoms with Crippen LogP contribution in [0.2, 0.25) is 0 Å². The molecule has 2 aromatic carbocycles.